The van der Waals surface area contributed by atoms with Crippen molar-refractivity contribution in [3.8, 4) is 11.6 Å². The molecule has 13 heteroatoms. The summed E-state index contributed by atoms with van der Waals surface area (Å²) in [6.45, 7) is 15.3. The maximum atomic E-state index is 16.3. The number of hydrogen-bond donors (Lipinski definition) is 1. The van der Waals surface area contributed by atoms with E-state index in [0.717, 1.165) is 11.6 Å². The number of anilines is 1. The lowest BCUT2D eigenvalue weighted by Gasteiger charge is -2.42. The molecule has 1 atom stereocenters. The number of halogens is 3. The summed E-state index contributed by atoms with van der Waals surface area (Å²) >= 11 is 0. The van der Waals surface area contributed by atoms with Gasteiger partial charge in [0.25, 0.3) is 0 Å². The van der Waals surface area contributed by atoms with Crippen LogP contribution in [0, 0.1) is 12.7 Å². The lowest BCUT2D eigenvalue weighted by Crippen LogP contribution is -2.52. The highest BCUT2D eigenvalue weighted by Crippen LogP contribution is 2.46. The van der Waals surface area contributed by atoms with Crippen molar-refractivity contribution in [3.63, 3.8) is 0 Å². The van der Waals surface area contributed by atoms with E-state index in [-0.39, 0.29) is 18.1 Å². The van der Waals surface area contributed by atoms with Crippen LogP contribution in [-0.2, 0) is 21.5 Å². The van der Waals surface area contributed by atoms with Gasteiger partial charge in [-0.15, -0.1) is 0 Å². The number of aryl methyl sites for hydroxylation is 1. The number of pyridine rings is 1. The van der Waals surface area contributed by atoms with E-state index in [1.807, 2.05) is 45.0 Å². The topological polar surface area (TPSA) is 95.5 Å². The van der Waals surface area contributed by atoms with Crippen LogP contribution in [-0.4, -0.2) is 49.3 Å². The van der Waals surface area contributed by atoms with Crippen molar-refractivity contribution in [2.45, 2.75) is 90.8 Å². The van der Waals surface area contributed by atoms with Gasteiger partial charge in [0, 0.05) is 5.56 Å². The Labute approximate surface area is 288 Å². The third-order valence-electron chi connectivity index (χ3n) is 9.18. The Morgan fingerprint density at radius 2 is 1.61 bits per heavy atom. The molecule has 0 radical (unpaired) electrons. The molecule has 0 spiro atoms. The molecule has 2 aromatic heterocycles. The molecule has 4 aromatic rings. The summed E-state index contributed by atoms with van der Waals surface area (Å²) in [6.07, 6.45) is 0. The van der Waals surface area contributed by atoms with Gasteiger partial charge in [-0.25, -0.2) is 19.3 Å². The Kier molecular flexibility index (Phi) is 11.6. The van der Waals surface area contributed by atoms with Crippen LogP contribution in [0.25, 0.3) is 10.9 Å². The summed E-state index contributed by atoms with van der Waals surface area (Å²) in [5.41, 5.74) is -1.11. The highest BCUT2D eigenvalue weighted by molar-refractivity contribution is 7.69. The van der Waals surface area contributed by atoms with E-state index in [4.69, 9.17) is 13.9 Å². The fourth-order valence-electron chi connectivity index (χ4n) is 5.87. The highest BCUT2D eigenvalue weighted by atomic mass is 31.2. The molecule has 1 N–H and O–H groups in total. The van der Waals surface area contributed by atoms with Crippen LogP contribution in [0.2, 0.25) is 18.1 Å². The number of hydrogen-bond acceptors (Lipinski definition) is 8. The highest BCUT2D eigenvalue weighted by Gasteiger charge is 2.54. The number of benzene rings is 2. The monoisotopic (exact) mass is 716 g/mol. The van der Waals surface area contributed by atoms with Crippen LogP contribution in [0.5, 0.6) is 11.6 Å². The molecule has 0 unspecified atom stereocenters. The summed E-state index contributed by atoms with van der Waals surface area (Å²) in [6, 6.07) is 14.3. The van der Waals surface area contributed by atoms with Crippen molar-refractivity contribution >= 4 is 37.6 Å². The van der Waals surface area contributed by atoms with Gasteiger partial charge in [0.1, 0.15) is 53.5 Å². The number of methoxy groups -OCH3 is 1. The summed E-state index contributed by atoms with van der Waals surface area (Å²) in [5, 5.41) is 3.66. The molecule has 2 heterocycles. The van der Waals surface area contributed by atoms with Gasteiger partial charge >= 0.3 is 5.92 Å². The van der Waals surface area contributed by atoms with Crippen LogP contribution >= 0.6 is 7.14 Å². The van der Waals surface area contributed by atoms with E-state index in [2.05, 4.69) is 20.3 Å². The largest absolute Gasteiger partial charge is 0.497 e. The van der Waals surface area contributed by atoms with Crippen LogP contribution < -0.4 is 20.2 Å². The molecule has 266 valence electrons. The van der Waals surface area contributed by atoms with E-state index >= 15 is 13.2 Å². The van der Waals surface area contributed by atoms with Gasteiger partial charge in [-0.3, -0.25) is 0 Å². The maximum Gasteiger partial charge on any atom is 0.302 e. The fraction of sp³-hybridized carbons (Fsp3) is 0.472. The lowest BCUT2D eigenvalue weighted by molar-refractivity contribution is -0.161. The van der Waals surface area contributed by atoms with E-state index in [9.17, 15) is 4.57 Å². The van der Waals surface area contributed by atoms with Gasteiger partial charge in [0.15, 0.2) is 8.32 Å². The van der Waals surface area contributed by atoms with E-state index in [0.29, 0.717) is 51.9 Å². The molecule has 4 rings (SSSR count). The number of alkyl halides is 2. The zero-order valence-electron chi connectivity index (χ0n) is 30.1. The number of nitrogens with one attached hydrogen (secondary N) is 1. The van der Waals surface area contributed by atoms with E-state index in [1.165, 1.54) is 26.0 Å². The second kappa shape index (κ2) is 14.8. The second-order valence-corrected chi connectivity index (χ2v) is 21.1. The maximum absolute atomic E-state index is 16.3. The first-order valence-electron chi connectivity index (χ1n) is 16.6. The van der Waals surface area contributed by atoms with Crippen LogP contribution in [0.3, 0.4) is 0 Å². The van der Waals surface area contributed by atoms with Crippen molar-refractivity contribution in [2.75, 3.05) is 25.8 Å². The predicted octanol–water partition coefficient (Wildman–Crippen LogP) is 9.37. The molecule has 0 aliphatic heterocycles. The Hall–Kier alpha value is -3.47. The molecular formula is C36H48F3N4O4PSi. The molecule has 8 nitrogen and oxygen atoms in total. The Balaban J connectivity index is 1.74. The van der Waals surface area contributed by atoms with Gasteiger partial charge in [0.05, 0.1) is 24.1 Å². The number of aromatic nitrogens is 3. The Morgan fingerprint density at radius 3 is 2.18 bits per heavy atom. The third kappa shape index (κ3) is 8.13. The minimum atomic E-state index is -3.62. The predicted molar refractivity (Wildman–Crippen MR) is 193 cm³/mol. The molecule has 0 aliphatic carbocycles. The Bertz CT molecular complexity index is 1820. The normalized spacial score (nSPS) is 13.4. The van der Waals surface area contributed by atoms with Crippen LogP contribution in [0.4, 0.5) is 19.0 Å². The standard InChI is InChI=1S/C36H48F3N4O4PSi/c1-11-49(12-2,13-3)47-35(6,7)36(38,39)29-16-14-15-27(31(29)37)23(4)40-33-28-21-30(48(9,10)44)43-34(32(28)41-24(5)42-33)46-22-25-17-19-26(45-8)20-18-25/h14-21,23H,11-13,22H2,1-10H3,(H,40,41,42)/t23-/m1/s1. The zero-order valence-corrected chi connectivity index (χ0v) is 32.0. The minimum Gasteiger partial charge on any atom is -0.497 e. The number of nitrogens with zero attached hydrogens (tertiary/aromatic N) is 3. The van der Waals surface area contributed by atoms with Gasteiger partial charge in [-0.05, 0) is 89.0 Å². The summed E-state index contributed by atoms with van der Waals surface area (Å²) in [4.78, 5) is 13.7. The quantitative estimate of drug-likeness (QED) is 0.0961. The molecule has 0 aliphatic rings. The fourth-order valence-corrected chi connectivity index (χ4v) is 9.78. The number of fused-ring (bicyclic) bond motifs is 1. The average Bonchev–Trinajstić information content (AvgIpc) is 3.05. The van der Waals surface area contributed by atoms with Crippen molar-refractivity contribution < 1.29 is 31.6 Å². The smallest absolute Gasteiger partial charge is 0.302 e. The Morgan fingerprint density at radius 1 is 0.980 bits per heavy atom. The summed E-state index contributed by atoms with van der Waals surface area (Å²) in [5.74, 6) is -3.11. The van der Waals surface area contributed by atoms with Crippen molar-refractivity contribution in [2.24, 2.45) is 0 Å². The minimum absolute atomic E-state index is 0.0317. The van der Waals surface area contributed by atoms with E-state index < -0.39 is 44.4 Å². The van der Waals surface area contributed by atoms with Crippen molar-refractivity contribution in [1.29, 1.82) is 0 Å². The molecule has 0 fully saturated rings. The van der Waals surface area contributed by atoms with Crippen LogP contribution in [0.15, 0.2) is 48.5 Å². The summed E-state index contributed by atoms with van der Waals surface area (Å²) in [7, 11) is -3.76. The third-order valence-corrected chi connectivity index (χ3v) is 15.3. The van der Waals surface area contributed by atoms with Crippen molar-refractivity contribution in [1.82, 2.24) is 15.0 Å². The number of rotatable bonds is 15. The summed E-state index contributed by atoms with van der Waals surface area (Å²) < 4.78 is 79.7. The second-order valence-electron chi connectivity index (χ2n) is 13.3. The van der Waals surface area contributed by atoms with E-state index in [1.54, 1.807) is 40.4 Å². The van der Waals surface area contributed by atoms with Gasteiger partial charge in [-0.2, -0.15) is 8.78 Å². The molecule has 2 aromatic carbocycles. The first-order chi connectivity index (χ1) is 22.9. The SMILES string of the molecule is CC[Si](CC)(CC)OC(C)(C)C(F)(F)c1cccc([C@@H](C)Nc2nc(C)nc3c(OCc4ccc(OC)cc4)nc(P(C)(C)=O)cc23)c1F. The number of ether oxygens (including phenoxy) is 2. The molecular weight excluding hydrogens is 668 g/mol. The molecule has 0 bridgehead atoms. The first kappa shape index (κ1) is 38.3. The molecule has 0 amide bonds. The zero-order chi connectivity index (χ0) is 36.4. The average molecular weight is 717 g/mol. The lowest BCUT2D eigenvalue weighted by atomic mass is 9.91. The molecule has 0 saturated heterocycles. The van der Waals surface area contributed by atoms with Gasteiger partial charge < -0.3 is 23.8 Å². The molecule has 0 saturated carbocycles. The van der Waals surface area contributed by atoms with Gasteiger partial charge in [0.2, 0.25) is 5.88 Å². The van der Waals surface area contributed by atoms with Crippen molar-refractivity contribution in [3.05, 3.63) is 76.9 Å². The molecule has 49 heavy (non-hydrogen) atoms. The van der Waals surface area contributed by atoms with Crippen LogP contribution in [0.1, 0.15) is 70.1 Å². The first-order valence-corrected chi connectivity index (χ1v) is 21.7. The van der Waals surface area contributed by atoms with Gasteiger partial charge in [-0.1, -0.05) is 45.0 Å².